The lowest BCUT2D eigenvalue weighted by molar-refractivity contribution is -0.150. The van der Waals surface area contributed by atoms with Gasteiger partial charge in [0.15, 0.2) is 13.2 Å². The molecule has 1 N–H and O–H groups in total. The maximum Gasteiger partial charge on any atom is 0.344 e. The Morgan fingerprint density at radius 1 is 1.00 bits per heavy atom. The summed E-state index contributed by atoms with van der Waals surface area (Å²) in [7, 11) is 0. The van der Waals surface area contributed by atoms with Gasteiger partial charge in [-0.1, -0.05) is 30.3 Å². The van der Waals surface area contributed by atoms with Crippen LogP contribution in [0.15, 0.2) is 57.7 Å². The lowest BCUT2D eigenvalue weighted by Crippen LogP contribution is -2.29. The summed E-state index contributed by atoms with van der Waals surface area (Å²) in [5.74, 6) is -0.678. The molecule has 0 unspecified atom stereocenters. The van der Waals surface area contributed by atoms with Gasteiger partial charge in [0, 0.05) is 23.6 Å². The zero-order valence-electron chi connectivity index (χ0n) is 16.3. The molecular weight excluding hydrogens is 386 g/mol. The number of amides is 1. The van der Waals surface area contributed by atoms with Crippen LogP contribution in [0.3, 0.4) is 0 Å². The van der Waals surface area contributed by atoms with E-state index >= 15 is 0 Å². The molecule has 7 heteroatoms. The van der Waals surface area contributed by atoms with Crippen molar-refractivity contribution in [3.8, 4) is 5.75 Å². The molecule has 1 amide bonds. The predicted octanol–water partition coefficient (Wildman–Crippen LogP) is 2.52. The van der Waals surface area contributed by atoms with Gasteiger partial charge in [-0.05, 0) is 42.5 Å². The van der Waals surface area contributed by atoms with Crippen LogP contribution in [0.1, 0.15) is 23.1 Å². The van der Waals surface area contributed by atoms with Crippen molar-refractivity contribution < 1.29 is 23.5 Å². The highest BCUT2D eigenvalue weighted by Crippen LogP contribution is 2.29. The van der Waals surface area contributed by atoms with Crippen LogP contribution >= 0.6 is 0 Å². The van der Waals surface area contributed by atoms with Crippen molar-refractivity contribution in [1.82, 2.24) is 5.32 Å². The van der Waals surface area contributed by atoms with E-state index in [-0.39, 0.29) is 18.8 Å². The van der Waals surface area contributed by atoms with Gasteiger partial charge in [-0.25, -0.2) is 9.59 Å². The first kappa shape index (κ1) is 19.7. The van der Waals surface area contributed by atoms with Gasteiger partial charge in [-0.2, -0.15) is 0 Å². The van der Waals surface area contributed by atoms with Crippen molar-refractivity contribution in [2.24, 2.45) is 0 Å². The monoisotopic (exact) mass is 407 g/mol. The van der Waals surface area contributed by atoms with Crippen LogP contribution in [0.2, 0.25) is 0 Å². The highest BCUT2D eigenvalue weighted by molar-refractivity contribution is 5.83. The second-order valence-electron chi connectivity index (χ2n) is 7.07. The Morgan fingerprint density at radius 2 is 1.80 bits per heavy atom. The van der Waals surface area contributed by atoms with Crippen molar-refractivity contribution in [3.63, 3.8) is 0 Å². The summed E-state index contributed by atoms with van der Waals surface area (Å²) in [5.41, 5.74) is 2.87. The first-order valence-corrected chi connectivity index (χ1v) is 9.78. The van der Waals surface area contributed by atoms with Crippen LogP contribution in [-0.4, -0.2) is 25.1 Å². The Bertz CT molecular complexity index is 1140. The molecule has 0 saturated heterocycles. The summed E-state index contributed by atoms with van der Waals surface area (Å²) in [6, 6.07) is 14.6. The molecule has 7 nitrogen and oxygen atoms in total. The second-order valence-corrected chi connectivity index (χ2v) is 7.07. The molecule has 3 aromatic rings. The Balaban J connectivity index is 1.27. The molecule has 0 aliphatic heterocycles. The second kappa shape index (κ2) is 8.82. The van der Waals surface area contributed by atoms with Crippen molar-refractivity contribution >= 4 is 22.8 Å². The quantitative estimate of drug-likeness (QED) is 0.478. The number of benzene rings is 2. The van der Waals surface area contributed by atoms with E-state index in [4.69, 9.17) is 13.9 Å². The summed E-state index contributed by atoms with van der Waals surface area (Å²) in [6.07, 6.45) is 2.55. The standard InChI is InChI=1S/C23H21NO6/c25-21(24-12-15-5-2-1-3-6-15)13-29-22(26)14-28-16-9-10-18-17-7-4-8-19(17)23(27)30-20(18)11-16/h1-3,5-6,9-11H,4,7-8,12-14H2,(H,24,25). The third-order valence-corrected chi connectivity index (χ3v) is 5.00. The summed E-state index contributed by atoms with van der Waals surface area (Å²) < 4.78 is 15.7. The minimum Gasteiger partial charge on any atom is -0.482 e. The summed E-state index contributed by atoms with van der Waals surface area (Å²) in [5, 5.41) is 3.57. The normalized spacial score (nSPS) is 12.4. The zero-order valence-corrected chi connectivity index (χ0v) is 16.3. The molecule has 2 aromatic carbocycles. The molecular formula is C23H21NO6. The lowest BCUT2D eigenvalue weighted by Gasteiger charge is -2.09. The summed E-state index contributed by atoms with van der Waals surface area (Å²) >= 11 is 0. The van der Waals surface area contributed by atoms with Crippen LogP contribution in [0.4, 0.5) is 0 Å². The van der Waals surface area contributed by atoms with E-state index in [1.807, 2.05) is 36.4 Å². The third kappa shape index (κ3) is 4.51. The van der Waals surface area contributed by atoms with Gasteiger partial charge >= 0.3 is 11.6 Å². The summed E-state index contributed by atoms with van der Waals surface area (Å²) in [4.78, 5) is 35.7. The highest BCUT2D eigenvalue weighted by Gasteiger charge is 2.19. The number of aryl methyl sites for hydroxylation is 1. The predicted molar refractivity (Wildman–Crippen MR) is 109 cm³/mol. The van der Waals surface area contributed by atoms with Gasteiger partial charge in [0.2, 0.25) is 0 Å². The number of carbonyl (C=O) groups is 2. The van der Waals surface area contributed by atoms with E-state index < -0.39 is 11.9 Å². The molecule has 0 spiro atoms. The first-order valence-electron chi connectivity index (χ1n) is 9.78. The van der Waals surface area contributed by atoms with Crippen molar-refractivity contribution in [3.05, 3.63) is 75.6 Å². The van der Waals surface area contributed by atoms with Gasteiger partial charge in [-0.15, -0.1) is 0 Å². The first-order chi connectivity index (χ1) is 14.6. The number of rotatable bonds is 7. The zero-order chi connectivity index (χ0) is 20.9. The molecule has 0 atom stereocenters. The van der Waals surface area contributed by atoms with E-state index in [9.17, 15) is 14.4 Å². The Kier molecular flexibility index (Phi) is 5.79. The fourth-order valence-electron chi connectivity index (χ4n) is 3.53. The number of nitrogens with one attached hydrogen (secondary N) is 1. The molecule has 0 fully saturated rings. The number of hydrogen-bond donors (Lipinski definition) is 1. The number of ether oxygens (including phenoxy) is 2. The largest absolute Gasteiger partial charge is 0.482 e. The SMILES string of the molecule is O=C(COC(=O)COc1ccc2c3c(c(=O)oc2c1)CCC3)NCc1ccccc1. The molecule has 1 aromatic heterocycles. The van der Waals surface area contributed by atoms with Gasteiger partial charge in [0.05, 0.1) is 0 Å². The number of carbonyl (C=O) groups excluding carboxylic acids is 2. The van der Waals surface area contributed by atoms with Gasteiger partial charge < -0.3 is 19.2 Å². The van der Waals surface area contributed by atoms with Crippen molar-refractivity contribution in [2.75, 3.05) is 13.2 Å². The Morgan fingerprint density at radius 3 is 2.63 bits per heavy atom. The van der Waals surface area contributed by atoms with Crippen LogP contribution in [-0.2, 0) is 33.7 Å². The van der Waals surface area contributed by atoms with Gasteiger partial charge in [-0.3, -0.25) is 4.79 Å². The van der Waals surface area contributed by atoms with Crippen LogP contribution in [0.5, 0.6) is 5.75 Å². The van der Waals surface area contributed by atoms with Gasteiger partial charge in [0.25, 0.3) is 5.91 Å². The molecule has 1 aliphatic rings. The van der Waals surface area contributed by atoms with Crippen molar-refractivity contribution in [2.45, 2.75) is 25.8 Å². The molecule has 154 valence electrons. The maximum atomic E-state index is 12.1. The fourth-order valence-corrected chi connectivity index (χ4v) is 3.53. The third-order valence-electron chi connectivity index (χ3n) is 5.00. The number of hydrogen-bond acceptors (Lipinski definition) is 6. The topological polar surface area (TPSA) is 94.8 Å². The van der Waals surface area contributed by atoms with E-state index in [1.54, 1.807) is 12.1 Å². The van der Waals surface area contributed by atoms with E-state index in [2.05, 4.69) is 5.32 Å². The molecule has 4 rings (SSSR count). The van der Waals surface area contributed by atoms with E-state index in [1.165, 1.54) is 0 Å². The van der Waals surface area contributed by atoms with Crippen molar-refractivity contribution in [1.29, 1.82) is 0 Å². The summed E-state index contributed by atoms with van der Waals surface area (Å²) in [6.45, 7) is -0.375. The molecule has 1 heterocycles. The molecule has 30 heavy (non-hydrogen) atoms. The highest BCUT2D eigenvalue weighted by atomic mass is 16.6. The number of esters is 1. The molecule has 0 saturated carbocycles. The van der Waals surface area contributed by atoms with E-state index in [0.29, 0.717) is 17.9 Å². The van der Waals surface area contributed by atoms with Crippen LogP contribution in [0.25, 0.3) is 11.0 Å². The minimum atomic E-state index is -0.666. The van der Waals surface area contributed by atoms with E-state index in [0.717, 1.165) is 41.3 Å². The van der Waals surface area contributed by atoms with Gasteiger partial charge in [0.1, 0.15) is 11.3 Å². The van der Waals surface area contributed by atoms with Crippen LogP contribution < -0.4 is 15.7 Å². The molecule has 0 radical (unpaired) electrons. The van der Waals surface area contributed by atoms with Crippen LogP contribution in [0, 0.1) is 0 Å². The molecule has 1 aliphatic carbocycles. The Labute approximate surface area is 172 Å². The minimum absolute atomic E-state index is 0.312. The Hall–Kier alpha value is -3.61. The number of fused-ring (bicyclic) bond motifs is 3. The fraction of sp³-hybridized carbons (Fsp3) is 0.261. The lowest BCUT2D eigenvalue weighted by atomic mass is 10.1. The average Bonchev–Trinajstić information content (AvgIpc) is 3.26. The smallest absolute Gasteiger partial charge is 0.344 e. The maximum absolute atomic E-state index is 12.1. The molecule has 0 bridgehead atoms. The average molecular weight is 407 g/mol.